The van der Waals surface area contributed by atoms with Gasteiger partial charge in [-0.25, -0.2) is 0 Å². The zero-order valence-corrected chi connectivity index (χ0v) is 26.1. The summed E-state index contributed by atoms with van der Waals surface area (Å²) in [7, 11) is 0. The lowest BCUT2D eigenvalue weighted by Crippen LogP contribution is -2.41. The number of hydrogen-bond acceptors (Lipinski definition) is 10. The summed E-state index contributed by atoms with van der Waals surface area (Å²) >= 11 is 0. The van der Waals surface area contributed by atoms with E-state index in [4.69, 9.17) is 33.2 Å². The molecule has 2 saturated heterocycles. The molecule has 1 amide bonds. The van der Waals surface area contributed by atoms with Crippen molar-refractivity contribution in [1.29, 1.82) is 0 Å². The van der Waals surface area contributed by atoms with Gasteiger partial charge in [-0.3, -0.25) is 4.79 Å². The summed E-state index contributed by atoms with van der Waals surface area (Å²) in [6.45, 7) is 11.8. The number of rotatable bonds is 12. The number of amides is 1. The summed E-state index contributed by atoms with van der Waals surface area (Å²) < 4.78 is 42.7. The van der Waals surface area contributed by atoms with Gasteiger partial charge in [-0.2, -0.15) is 9.97 Å². The van der Waals surface area contributed by atoms with Crippen LogP contribution in [0.1, 0.15) is 52.7 Å². The van der Waals surface area contributed by atoms with Crippen molar-refractivity contribution >= 4 is 11.6 Å². The van der Waals surface area contributed by atoms with E-state index < -0.39 is 23.8 Å². The summed E-state index contributed by atoms with van der Waals surface area (Å²) in [5.74, 6) is -1.98. The highest BCUT2D eigenvalue weighted by Crippen LogP contribution is 2.38. The minimum Gasteiger partial charge on any atom is -0.473 e. The number of carbonyl (C=O) groups excluding carboxylic acids is 1. The topological polar surface area (TPSA) is 119 Å². The van der Waals surface area contributed by atoms with Crippen molar-refractivity contribution in [1.82, 2.24) is 9.97 Å². The highest BCUT2D eigenvalue weighted by Gasteiger charge is 2.50. The van der Waals surface area contributed by atoms with E-state index in [1.165, 1.54) is 0 Å². The first-order valence-corrected chi connectivity index (χ1v) is 14.8. The van der Waals surface area contributed by atoms with Crippen molar-refractivity contribution in [3.8, 4) is 17.8 Å². The fourth-order valence-corrected chi connectivity index (χ4v) is 4.84. The number of nitrogens with one attached hydrogen (secondary N) is 1. The molecule has 3 atom stereocenters. The lowest BCUT2D eigenvalue weighted by Gasteiger charge is -2.24. The average molecular weight is 608 g/mol. The molecule has 44 heavy (non-hydrogen) atoms. The molecule has 11 heteroatoms. The minimum atomic E-state index is -0.872. The molecule has 0 bridgehead atoms. The summed E-state index contributed by atoms with van der Waals surface area (Å²) in [6, 6.07) is 19.3. The third-order valence-electron chi connectivity index (χ3n) is 7.03. The predicted octanol–water partition coefficient (Wildman–Crippen LogP) is 5.28. The van der Waals surface area contributed by atoms with Crippen LogP contribution in [-0.4, -0.2) is 59.0 Å². The number of aromatic nitrogens is 2. The van der Waals surface area contributed by atoms with Gasteiger partial charge in [-0.1, -0.05) is 74.5 Å². The second-order valence-corrected chi connectivity index (χ2v) is 12.0. The van der Waals surface area contributed by atoms with Crippen molar-refractivity contribution in [2.45, 2.75) is 84.6 Å². The van der Waals surface area contributed by atoms with E-state index in [2.05, 4.69) is 15.3 Å². The molecule has 1 N–H and O–H groups in total. The predicted molar refractivity (Wildman–Crippen MR) is 161 cm³/mol. The van der Waals surface area contributed by atoms with Crippen LogP contribution in [0.3, 0.4) is 0 Å². The largest absolute Gasteiger partial charge is 0.473 e. The SMILES string of the molecule is CC(C)C(=O)Nc1c(OCc2ccccc2)nc(OCc2ccccc2)nc1OC[C@@H]1OC(C)(C)O[C@@H]1[C@H]1COC(C)(C)O1. The van der Waals surface area contributed by atoms with Gasteiger partial charge in [0, 0.05) is 5.92 Å². The zero-order valence-electron chi connectivity index (χ0n) is 26.1. The number of nitrogens with zero attached hydrogens (tertiary/aromatic N) is 2. The third kappa shape index (κ3) is 8.23. The van der Waals surface area contributed by atoms with Gasteiger partial charge < -0.3 is 38.5 Å². The molecular weight excluding hydrogens is 566 g/mol. The number of carbonyl (C=O) groups is 1. The molecule has 3 heterocycles. The van der Waals surface area contributed by atoms with Crippen LogP contribution in [0, 0.1) is 5.92 Å². The van der Waals surface area contributed by atoms with E-state index in [0.717, 1.165) is 11.1 Å². The Morgan fingerprint density at radius 1 is 0.841 bits per heavy atom. The van der Waals surface area contributed by atoms with Crippen LogP contribution in [0.5, 0.6) is 17.8 Å². The van der Waals surface area contributed by atoms with E-state index >= 15 is 0 Å². The molecule has 3 aromatic rings. The van der Waals surface area contributed by atoms with Gasteiger partial charge in [0.15, 0.2) is 17.3 Å². The molecule has 0 unspecified atom stereocenters. The van der Waals surface area contributed by atoms with Gasteiger partial charge in [0.1, 0.15) is 38.1 Å². The molecule has 2 aliphatic heterocycles. The van der Waals surface area contributed by atoms with Crippen LogP contribution in [-0.2, 0) is 37.0 Å². The normalized spacial score (nSPS) is 22.1. The van der Waals surface area contributed by atoms with E-state index in [9.17, 15) is 4.79 Å². The Morgan fingerprint density at radius 2 is 1.43 bits per heavy atom. The maximum atomic E-state index is 12.9. The first-order valence-electron chi connectivity index (χ1n) is 14.8. The van der Waals surface area contributed by atoms with Crippen molar-refractivity contribution < 1.29 is 38.0 Å². The number of benzene rings is 2. The lowest BCUT2D eigenvalue weighted by molar-refractivity contribution is -0.174. The van der Waals surface area contributed by atoms with Crippen LogP contribution in [0.4, 0.5) is 5.69 Å². The van der Waals surface area contributed by atoms with Crippen molar-refractivity contribution in [2.75, 3.05) is 18.5 Å². The molecule has 0 spiro atoms. The maximum Gasteiger partial charge on any atom is 0.323 e. The summed E-state index contributed by atoms with van der Waals surface area (Å²) in [6.07, 6.45) is -1.36. The Bertz CT molecular complexity index is 1400. The first-order chi connectivity index (χ1) is 21.0. The van der Waals surface area contributed by atoms with Crippen LogP contribution in [0.15, 0.2) is 60.7 Å². The van der Waals surface area contributed by atoms with Gasteiger partial charge in [-0.05, 0) is 38.8 Å². The molecule has 2 fully saturated rings. The lowest BCUT2D eigenvalue weighted by atomic mass is 10.1. The van der Waals surface area contributed by atoms with E-state index in [1.807, 2.05) is 88.4 Å². The quantitative estimate of drug-likeness (QED) is 0.291. The molecule has 5 rings (SSSR count). The Morgan fingerprint density at radius 3 is 2.00 bits per heavy atom. The summed E-state index contributed by atoms with van der Waals surface area (Å²) in [4.78, 5) is 22.0. The van der Waals surface area contributed by atoms with Gasteiger partial charge in [0.05, 0.1) is 6.61 Å². The van der Waals surface area contributed by atoms with Crippen molar-refractivity contribution in [2.24, 2.45) is 5.92 Å². The smallest absolute Gasteiger partial charge is 0.323 e. The molecular formula is C33H41N3O8. The number of anilines is 1. The Kier molecular flexibility index (Phi) is 9.69. The average Bonchev–Trinajstić information content (AvgIpc) is 3.52. The van der Waals surface area contributed by atoms with E-state index in [-0.39, 0.29) is 61.2 Å². The summed E-state index contributed by atoms with van der Waals surface area (Å²) in [5, 5.41) is 2.90. The molecule has 0 saturated carbocycles. The molecule has 2 aliphatic rings. The Balaban J connectivity index is 1.44. The molecule has 0 aliphatic carbocycles. The molecule has 11 nitrogen and oxygen atoms in total. The van der Waals surface area contributed by atoms with Crippen LogP contribution < -0.4 is 19.5 Å². The Hall–Kier alpha value is -3.77. The third-order valence-corrected chi connectivity index (χ3v) is 7.03. The first kappa shape index (κ1) is 31.6. The van der Waals surface area contributed by atoms with Gasteiger partial charge in [0.25, 0.3) is 0 Å². The second-order valence-electron chi connectivity index (χ2n) is 12.0. The van der Waals surface area contributed by atoms with E-state index in [1.54, 1.807) is 13.8 Å². The summed E-state index contributed by atoms with van der Waals surface area (Å²) in [5.41, 5.74) is 2.05. The standard InChI is InChI=1S/C33H41N3O8/c1-21(2)28(37)34-26-29(38-17-22-13-9-7-10-14-22)35-31(40-18-23-15-11-8-12-16-23)36-30(26)39-19-24-27(44-33(5,6)43-24)25-20-41-32(3,4)42-25/h7-16,21,24-25,27H,17-20H2,1-6H3,(H,34,37)/t24-,25+,27-/m0/s1. The fraction of sp³-hybridized carbons (Fsp3) is 0.485. The molecule has 2 aromatic carbocycles. The van der Waals surface area contributed by atoms with Crippen LogP contribution in [0.2, 0.25) is 0 Å². The second kappa shape index (κ2) is 13.5. The highest BCUT2D eigenvalue weighted by atomic mass is 16.8. The van der Waals surface area contributed by atoms with Crippen molar-refractivity contribution in [3.05, 3.63) is 71.8 Å². The minimum absolute atomic E-state index is 0.0317. The number of hydrogen-bond donors (Lipinski definition) is 1. The van der Waals surface area contributed by atoms with Crippen LogP contribution in [0.25, 0.3) is 0 Å². The monoisotopic (exact) mass is 607 g/mol. The molecule has 1 aromatic heterocycles. The van der Waals surface area contributed by atoms with Crippen LogP contribution >= 0.6 is 0 Å². The van der Waals surface area contributed by atoms with Gasteiger partial charge in [0.2, 0.25) is 17.7 Å². The zero-order chi connectivity index (χ0) is 31.3. The van der Waals surface area contributed by atoms with Crippen molar-refractivity contribution in [3.63, 3.8) is 0 Å². The highest BCUT2D eigenvalue weighted by molar-refractivity contribution is 5.94. The molecule has 236 valence electrons. The fourth-order valence-electron chi connectivity index (χ4n) is 4.84. The number of ether oxygens (including phenoxy) is 7. The molecule has 0 radical (unpaired) electrons. The Labute approximate surface area is 258 Å². The van der Waals surface area contributed by atoms with E-state index in [0.29, 0.717) is 6.61 Å². The van der Waals surface area contributed by atoms with Gasteiger partial charge >= 0.3 is 6.01 Å². The maximum absolute atomic E-state index is 12.9. The van der Waals surface area contributed by atoms with Gasteiger partial charge in [-0.15, -0.1) is 0 Å².